The number of ether oxygens (including phenoxy) is 1. The van der Waals surface area contributed by atoms with Crippen LogP contribution in [-0.4, -0.2) is 32.3 Å². The van der Waals surface area contributed by atoms with Gasteiger partial charge in [-0.3, -0.25) is 4.79 Å². The number of nitrogens with zero attached hydrogens (tertiary/aromatic N) is 1. The van der Waals surface area contributed by atoms with E-state index in [1.807, 2.05) is 6.07 Å². The summed E-state index contributed by atoms with van der Waals surface area (Å²) in [7, 11) is -3.80. The van der Waals surface area contributed by atoms with Crippen molar-refractivity contribution in [2.24, 2.45) is 0 Å². The van der Waals surface area contributed by atoms with Crippen LogP contribution in [-0.2, 0) is 19.6 Å². The predicted molar refractivity (Wildman–Crippen MR) is 60.4 cm³/mol. The number of hydrogen-bond donors (Lipinski definition) is 1. The first-order valence-electron chi connectivity index (χ1n) is 5.51. The van der Waals surface area contributed by atoms with Gasteiger partial charge >= 0.3 is 5.97 Å². The molecule has 0 aromatic heterocycles. The van der Waals surface area contributed by atoms with Gasteiger partial charge in [0, 0.05) is 0 Å². The summed E-state index contributed by atoms with van der Waals surface area (Å²) in [5.74, 6) is -1.53. The summed E-state index contributed by atoms with van der Waals surface area (Å²) in [5.41, 5.74) is -1.04. The molecule has 7 heteroatoms. The molecular weight excluding hydrogens is 244 g/mol. The molecule has 1 fully saturated rings. The highest BCUT2D eigenvalue weighted by molar-refractivity contribution is 7.90. The van der Waals surface area contributed by atoms with E-state index in [9.17, 15) is 13.2 Å². The fourth-order valence-corrected chi connectivity index (χ4v) is 3.22. The Balaban J connectivity index is 2.66. The summed E-state index contributed by atoms with van der Waals surface area (Å²) >= 11 is 0. The third-order valence-corrected chi connectivity index (χ3v) is 3.95. The van der Waals surface area contributed by atoms with E-state index >= 15 is 0 Å². The molecule has 0 unspecified atom stereocenters. The zero-order valence-electron chi connectivity index (χ0n) is 9.73. The second-order valence-corrected chi connectivity index (χ2v) is 5.79. The highest BCUT2D eigenvalue weighted by Gasteiger charge is 2.38. The van der Waals surface area contributed by atoms with Crippen LogP contribution >= 0.6 is 0 Å². The van der Waals surface area contributed by atoms with Crippen LogP contribution in [0.2, 0.25) is 0 Å². The maximum absolute atomic E-state index is 11.7. The third-order valence-electron chi connectivity index (χ3n) is 2.64. The fourth-order valence-electron chi connectivity index (χ4n) is 1.91. The van der Waals surface area contributed by atoms with Gasteiger partial charge in [0.05, 0.1) is 12.7 Å². The van der Waals surface area contributed by atoms with Crippen molar-refractivity contribution in [3.05, 3.63) is 0 Å². The van der Waals surface area contributed by atoms with Crippen molar-refractivity contribution >= 4 is 16.0 Å². The van der Waals surface area contributed by atoms with Crippen LogP contribution in [0.4, 0.5) is 0 Å². The maximum Gasteiger partial charge on any atom is 0.322 e. The molecule has 1 rings (SSSR count). The zero-order chi connectivity index (χ0) is 12.9. The van der Waals surface area contributed by atoms with Crippen molar-refractivity contribution in [3.63, 3.8) is 0 Å². The second kappa shape index (κ2) is 5.47. The van der Waals surface area contributed by atoms with Crippen LogP contribution in [0.15, 0.2) is 0 Å². The average Bonchev–Trinajstić information content (AvgIpc) is 2.65. The standard InChI is InChI=1S/C10H16N2O4S/c1-2-16-9(13)7-17(14,15)12-10(8-11)5-3-4-6-10/h12H,2-7H2,1H3. The summed E-state index contributed by atoms with van der Waals surface area (Å²) in [6, 6.07) is 2.00. The van der Waals surface area contributed by atoms with Crippen molar-refractivity contribution < 1.29 is 17.9 Å². The predicted octanol–water partition coefficient (Wildman–Crippen LogP) is 0.305. The first-order valence-corrected chi connectivity index (χ1v) is 7.17. The van der Waals surface area contributed by atoms with E-state index in [-0.39, 0.29) is 6.61 Å². The Kier molecular flexibility index (Phi) is 4.48. The van der Waals surface area contributed by atoms with E-state index in [1.165, 1.54) is 0 Å². The molecule has 6 nitrogen and oxygen atoms in total. The van der Waals surface area contributed by atoms with E-state index < -0.39 is 27.3 Å². The minimum atomic E-state index is -3.80. The summed E-state index contributed by atoms with van der Waals surface area (Å²) in [6.07, 6.45) is 2.61. The molecule has 0 aromatic rings. The Morgan fingerprint density at radius 1 is 1.47 bits per heavy atom. The largest absolute Gasteiger partial charge is 0.465 e. The molecule has 17 heavy (non-hydrogen) atoms. The first kappa shape index (κ1) is 13.9. The average molecular weight is 260 g/mol. The normalized spacial score (nSPS) is 18.6. The summed E-state index contributed by atoms with van der Waals surface area (Å²) in [5, 5.41) is 9.02. The molecule has 0 spiro atoms. The number of esters is 1. The lowest BCUT2D eigenvalue weighted by atomic mass is 10.0. The van der Waals surface area contributed by atoms with Gasteiger partial charge in [0.2, 0.25) is 10.0 Å². The quantitative estimate of drug-likeness (QED) is 0.717. The number of rotatable bonds is 5. The third kappa shape index (κ3) is 3.98. The second-order valence-electron chi connectivity index (χ2n) is 4.07. The number of carbonyl (C=O) groups excluding carboxylic acids is 1. The molecule has 96 valence electrons. The SMILES string of the molecule is CCOC(=O)CS(=O)(=O)NC1(C#N)CCCC1. The van der Waals surface area contributed by atoms with E-state index in [2.05, 4.69) is 9.46 Å². The molecule has 0 bridgehead atoms. The smallest absolute Gasteiger partial charge is 0.322 e. The Hall–Kier alpha value is -1.13. The van der Waals surface area contributed by atoms with Gasteiger partial charge in [-0.2, -0.15) is 9.98 Å². The molecule has 1 N–H and O–H groups in total. The van der Waals surface area contributed by atoms with Crippen molar-refractivity contribution in [2.45, 2.75) is 38.1 Å². The van der Waals surface area contributed by atoms with Gasteiger partial charge in [-0.05, 0) is 19.8 Å². The molecule has 0 aromatic carbocycles. The van der Waals surface area contributed by atoms with Gasteiger partial charge in [-0.1, -0.05) is 12.8 Å². The van der Waals surface area contributed by atoms with Gasteiger partial charge in [0.1, 0.15) is 5.54 Å². The molecule has 0 heterocycles. The first-order chi connectivity index (χ1) is 7.93. The molecule has 1 aliphatic carbocycles. The Bertz CT molecular complexity index is 418. The number of sulfonamides is 1. The van der Waals surface area contributed by atoms with Crippen LogP contribution < -0.4 is 4.72 Å². The Morgan fingerprint density at radius 3 is 2.53 bits per heavy atom. The number of nitrogens with one attached hydrogen (secondary N) is 1. The van der Waals surface area contributed by atoms with Crippen LogP contribution in [0.25, 0.3) is 0 Å². The van der Waals surface area contributed by atoms with Crippen molar-refractivity contribution in [3.8, 4) is 6.07 Å². The lowest BCUT2D eigenvalue weighted by molar-refractivity contribution is -0.139. The number of carbonyl (C=O) groups is 1. The lowest BCUT2D eigenvalue weighted by Gasteiger charge is -2.21. The molecular formula is C10H16N2O4S. The van der Waals surface area contributed by atoms with E-state index in [1.54, 1.807) is 6.92 Å². The van der Waals surface area contributed by atoms with Gasteiger partial charge in [0.25, 0.3) is 0 Å². The van der Waals surface area contributed by atoms with E-state index in [0.29, 0.717) is 12.8 Å². The summed E-state index contributed by atoms with van der Waals surface area (Å²) < 4.78 is 30.2. The molecule has 1 saturated carbocycles. The Labute approximate surface area is 101 Å². The summed E-state index contributed by atoms with van der Waals surface area (Å²) in [4.78, 5) is 11.1. The molecule has 0 amide bonds. The van der Waals surface area contributed by atoms with Crippen LogP contribution in [0.5, 0.6) is 0 Å². The number of nitriles is 1. The monoisotopic (exact) mass is 260 g/mol. The molecule has 0 atom stereocenters. The molecule has 0 saturated heterocycles. The summed E-state index contributed by atoms with van der Waals surface area (Å²) in [6.45, 7) is 1.74. The van der Waals surface area contributed by atoms with E-state index in [0.717, 1.165) is 12.8 Å². The number of hydrogen-bond acceptors (Lipinski definition) is 5. The molecule has 0 radical (unpaired) electrons. The maximum atomic E-state index is 11.7. The topological polar surface area (TPSA) is 96.3 Å². The molecule has 1 aliphatic rings. The van der Waals surface area contributed by atoms with Gasteiger partial charge in [-0.15, -0.1) is 0 Å². The van der Waals surface area contributed by atoms with Crippen molar-refractivity contribution in [2.75, 3.05) is 12.4 Å². The molecule has 0 aliphatic heterocycles. The highest BCUT2D eigenvalue weighted by atomic mass is 32.2. The van der Waals surface area contributed by atoms with Crippen LogP contribution in [0.1, 0.15) is 32.6 Å². The minimum Gasteiger partial charge on any atom is -0.465 e. The zero-order valence-corrected chi connectivity index (χ0v) is 10.5. The van der Waals surface area contributed by atoms with E-state index in [4.69, 9.17) is 5.26 Å². The highest BCUT2D eigenvalue weighted by Crippen LogP contribution is 2.29. The fraction of sp³-hybridized carbons (Fsp3) is 0.800. The van der Waals surface area contributed by atoms with Crippen molar-refractivity contribution in [1.82, 2.24) is 4.72 Å². The van der Waals surface area contributed by atoms with Gasteiger partial charge in [-0.25, -0.2) is 8.42 Å². The van der Waals surface area contributed by atoms with Gasteiger partial charge < -0.3 is 4.74 Å². The van der Waals surface area contributed by atoms with Gasteiger partial charge in [0.15, 0.2) is 5.75 Å². The van der Waals surface area contributed by atoms with Crippen LogP contribution in [0.3, 0.4) is 0 Å². The van der Waals surface area contributed by atoms with Crippen LogP contribution in [0, 0.1) is 11.3 Å². The lowest BCUT2D eigenvalue weighted by Crippen LogP contribution is -2.47. The minimum absolute atomic E-state index is 0.137. The Morgan fingerprint density at radius 2 is 2.06 bits per heavy atom. The van der Waals surface area contributed by atoms with Crippen molar-refractivity contribution in [1.29, 1.82) is 5.26 Å².